The van der Waals surface area contributed by atoms with Crippen molar-refractivity contribution in [2.24, 2.45) is 0 Å². The minimum absolute atomic E-state index is 0.320. The fraction of sp³-hybridized carbons (Fsp3) is 0.0857. The Morgan fingerprint density at radius 2 is 1.21 bits per heavy atom. The minimum atomic E-state index is -0.320. The van der Waals surface area contributed by atoms with Gasteiger partial charge in [-0.15, -0.1) is 0 Å². The van der Waals surface area contributed by atoms with Crippen LogP contribution in [0.2, 0.25) is 0 Å². The van der Waals surface area contributed by atoms with Gasteiger partial charge in [-0.05, 0) is 57.9 Å². The van der Waals surface area contributed by atoms with Crippen molar-refractivity contribution in [3.05, 3.63) is 123 Å². The van der Waals surface area contributed by atoms with Gasteiger partial charge in [-0.3, -0.25) is 4.57 Å². The summed E-state index contributed by atoms with van der Waals surface area (Å²) in [5.41, 5.74) is 7.18. The molecule has 0 saturated heterocycles. The van der Waals surface area contributed by atoms with E-state index in [9.17, 15) is 0 Å². The number of hydrogen-bond acceptors (Lipinski definition) is 4. The Morgan fingerprint density at radius 3 is 1.86 bits per heavy atom. The van der Waals surface area contributed by atoms with Crippen molar-refractivity contribution in [3.63, 3.8) is 0 Å². The van der Waals surface area contributed by atoms with Gasteiger partial charge < -0.3 is 0 Å². The highest BCUT2D eigenvalue weighted by atomic mass is 79.9. The average molecular weight is 673 g/mol. The van der Waals surface area contributed by atoms with E-state index in [1.165, 1.54) is 11.1 Å². The molecule has 0 fully saturated rings. The van der Waals surface area contributed by atoms with Gasteiger partial charge in [0.25, 0.3) is 0 Å². The van der Waals surface area contributed by atoms with E-state index in [2.05, 4.69) is 86.7 Å². The molecule has 0 unspecified atom stereocenters. The van der Waals surface area contributed by atoms with Gasteiger partial charge in [0.05, 0.1) is 11.0 Å². The molecule has 0 bridgehead atoms. The third-order valence-corrected chi connectivity index (χ3v) is 9.10. The fourth-order valence-electron chi connectivity index (χ4n) is 6.10. The molecular weight excluding hydrogens is 650 g/mol. The van der Waals surface area contributed by atoms with E-state index < -0.39 is 0 Å². The Hall–Kier alpha value is -4.20. The molecule has 0 spiro atoms. The van der Waals surface area contributed by atoms with Crippen LogP contribution in [0, 0.1) is 0 Å². The summed E-state index contributed by atoms with van der Waals surface area (Å²) in [6.45, 7) is 4.54. The van der Waals surface area contributed by atoms with Crippen LogP contribution in [0.3, 0.4) is 0 Å². The molecule has 5 nitrogen and oxygen atoms in total. The molecule has 42 heavy (non-hydrogen) atoms. The number of hydrogen-bond donors (Lipinski definition) is 0. The van der Waals surface area contributed by atoms with Gasteiger partial charge in [0.2, 0.25) is 0 Å². The number of aromatic nitrogens is 5. The number of rotatable bonds is 3. The van der Waals surface area contributed by atoms with E-state index in [4.69, 9.17) is 19.9 Å². The zero-order valence-electron chi connectivity index (χ0n) is 22.8. The van der Waals surface area contributed by atoms with Crippen LogP contribution in [0.1, 0.15) is 25.0 Å². The van der Waals surface area contributed by atoms with Crippen molar-refractivity contribution in [2.45, 2.75) is 19.3 Å². The second kappa shape index (κ2) is 9.41. The van der Waals surface area contributed by atoms with Crippen LogP contribution in [-0.4, -0.2) is 24.5 Å². The van der Waals surface area contributed by atoms with Crippen LogP contribution in [0.15, 0.2) is 112 Å². The average Bonchev–Trinajstić information content (AvgIpc) is 3.34. The summed E-state index contributed by atoms with van der Waals surface area (Å²) in [7, 11) is 0. The molecule has 8 rings (SSSR count). The van der Waals surface area contributed by atoms with Gasteiger partial charge in [0.15, 0.2) is 17.5 Å². The first kappa shape index (κ1) is 25.5. The summed E-state index contributed by atoms with van der Waals surface area (Å²) < 4.78 is 4.30. The van der Waals surface area contributed by atoms with Gasteiger partial charge in [-0.25, -0.2) is 19.9 Å². The molecule has 202 valence electrons. The first-order chi connectivity index (χ1) is 20.4. The predicted octanol–water partition coefficient (Wildman–Crippen LogP) is 9.53. The van der Waals surface area contributed by atoms with E-state index in [0.29, 0.717) is 17.5 Å². The predicted molar refractivity (Wildman–Crippen MR) is 176 cm³/mol. The fourth-order valence-corrected chi connectivity index (χ4v) is 6.79. The van der Waals surface area contributed by atoms with Crippen molar-refractivity contribution in [1.29, 1.82) is 0 Å². The molecule has 0 atom stereocenters. The Balaban J connectivity index is 1.47. The highest BCUT2D eigenvalue weighted by Crippen LogP contribution is 2.49. The molecule has 3 aromatic heterocycles. The Labute approximate surface area is 259 Å². The summed E-state index contributed by atoms with van der Waals surface area (Å²) in [5, 5.41) is 2.29. The molecule has 4 aromatic carbocycles. The molecule has 1 aliphatic heterocycles. The van der Waals surface area contributed by atoms with Crippen LogP contribution in [0.25, 0.3) is 61.8 Å². The Kier molecular flexibility index (Phi) is 5.71. The Morgan fingerprint density at radius 1 is 0.595 bits per heavy atom. The van der Waals surface area contributed by atoms with Crippen LogP contribution >= 0.6 is 31.9 Å². The minimum Gasteiger partial charge on any atom is -0.293 e. The lowest BCUT2D eigenvalue weighted by molar-refractivity contribution is 0.624. The second-order valence-corrected chi connectivity index (χ2v) is 12.9. The summed E-state index contributed by atoms with van der Waals surface area (Å²) in [4.78, 5) is 19.9. The maximum Gasteiger partial charge on any atom is 0.164 e. The monoisotopic (exact) mass is 671 g/mol. The van der Waals surface area contributed by atoms with E-state index >= 15 is 0 Å². The van der Waals surface area contributed by atoms with Crippen LogP contribution in [0.4, 0.5) is 0 Å². The maximum atomic E-state index is 5.05. The summed E-state index contributed by atoms with van der Waals surface area (Å²) >= 11 is 7.39. The third kappa shape index (κ3) is 3.87. The molecule has 0 aliphatic carbocycles. The quantitative estimate of drug-likeness (QED) is 0.188. The lowest BCUT2D eigenvalue weighted by Gasteiger charge is -2.34. The number of halogens is 2. The molecule has 0 saturated carbocycles. The van der Waals surface area contributed by atoms with Crippen molar-refractivity contribution < 1.29 is 0 Å². The highest BCUT2D eigenvalue weighted by molar-refractivity contribution is 9.10. The van der Waals surface area contributed by atoms with Gasteiger partial charge in [-0.1, -0.05) is 90.4 Å². The highest BCUT2D eigenvalue weighted by Gasteiger charge is 2.37. The number of benzene rings is 4. The van der Waals surface area contributed by atoms with Crippen molar-refractivity contribution in [2.75, 3.05) is 0 Å². The number of nitrogens with zero attached hydrogens (tertiary/aromatic N) is 5. The Bertz CT molecular complexity index is 2130. The summed E-state index contributed by atoms with van der Waals surface area (Å²) in [5.74, 6) is 2.90. The molecule has 4 heterocycles. The smallest absolute Gasteiger partial charge is 0.164 e. The molecule has 7 heteroatoms. The number of fused-ring (bicyclic) bond motifs is 5. The second-order valence-electron chi connectivity index (χ2n) is 11.1. The van der Waals surface area contributed by atoms with Crippen LogP contribution in [0.5, 0.6) is 0 Å². The number of pyridine rings is 1. The van der Waals surface area contributed by atoms with Crippen LogP contribution < -0.4 is 0 Å². The maximum absolute atomic E-state index is 5.05. The van der Waals surface area contributed by atoms with Crippen molar-refractivity contribution in [3.8, 4) is 40.0 Å². The van der Waals surface area contributed by atoms with Gasteiger partial charge >= 0.3 is 0 Å². The van der Waals surface area contributed by atoms with Crippen LogP contribution in [-0.2, 0) is 5.41 Å². The van der Waals surface area contributed by atoms with Gasteiger partial charge in [-0.2, -0.15) is 0 Å². The normalized spacial score (nSPS) is 13.4. The SMILES string of the molecule is CC1(C)c2cc(Br)cnc2-n2c3ccc(Br)cc3c3cc(-c4nc(-c5ccccc5)nc(-c5ccccc5)n4)cc1c32. The first-order valence-electron chi connectivity index (χ1n) is 13.7. The molecule has 0 radical (unpaired) electrons. The lowest BCUT2D eigenvalue weighted by atomic mass is 9.75. The standard InChI is InChI=1S/C35H23Br2N5/c1-35(2)27-16-22(33-40-31(20-9-5-3-6-10-20)39-32(41-33)21-11-7-4-8-12-21)15-26-25-17-23(36)13-14-29(25)42(30(26)27)34-28(35)18-24(37)19-38-34/h3-19H,1-2H3. The van der Waals surface area contributed by atoms with Crippen molar-refractivity contribution >= 4 is 53.7 Å². The molecular formula is C35H23Br2N5. The van der Waals surface area contributed by atoms with Gasteiger partial charge in [0, 0.05) is 53.6 Å². The van der Waals surface area contributed by atoms with E-state index in [1.54, 1.807) is 0 Å². The molecule has 0 N–H and O–H groups in total. The van der Waals surface area contributed by atoms with E-state index in [1.807, 2.05) is 66.9 Å². The summed E-state index contributed by atoms with van der Waals surface area (Å²) in [6.07, 6.45) is 1.88. The first-order valence-corrected chi connectivity index (χ1v) is 15.3. The molecule has 0 amide bonds. The third-order valence-electron chi connectivity index (χ3n) is 8.17. The molecule has 1 aliphatic rings. The van der Waals surface area contributed by atoms with E-state index in [0.717, 1.165) is 53.3 Å². The zero-order chi connectivity index (χ0) is 28.6. The molecule has 7 aromatic rings. The lowest BCUT2D eigenvalue weighted by Crippen LogP contribution is -2.27. The topological polar surface area (TPSA) is 56.5 Å². The van der Waals surface area contributed by atoms with Crippen molar-refractivity contribution in [1.82, 2.24) is 24.5 Å². The van der Waals surface area contributed by atoms with E-state index in [-0.39, 0.29) is 5.41 Å². The zero-order valence-corrected chi connectivity index (χ0v) is 26.0. The largest absolute Gasteiger partial charge is 0.293 e. The van der Waals surface area contributed by atoms with Gasteiger partial charge in [0.1, 0.15) is 5.82 Å². The summed E-state index contributed by atoms with van der Waals surface area (Å²) in [6, 6.07) is 33.3.